The number of fused-ring (bicyclic) bond motifs is 1. The third-order valence-electron chi connectivity index (χ3n) is 5.07. The van der Waals surface area contributed by atoms with Crippen molar-refractivity contribution in [3.05, 3.63) is 59.9 Å². The molecule has 160 valence electrons. The van der Waals surface area contributed by atoms with E-state index < -0.39 is 0 Å². The molecule has 0 saturated carbocycles. The number of carbonyl (C=O) groups is 1. The molecule has 0 unspecified atom stereocenters. The van der Waals surface area contributed by atoms with Crippen LogP contribution in [0.25, 0.3) is 11.0 Å². The summed E-state index contributed by atoms with van der Waals surface area (Å²) in [6.45, 7) is 11.1. The molecule has 1 heterocycles. The van der Waals surface area contributed by atoms with Gasteiger partial charge in [-0.05, 0) is 49.6 Å². The van der Waals surface area contributed by atoms with Crippen LogP contribution in [0.5, 0.6) is 5.75 Å². The number of amides is 1. The van der Waals surface area contributed by atoms with Gasteiger partial charge in [0, 0.05) is 18.7 Å². The van der Waals surface area contributed by atoms with Gasteiger partial charge < -0.3 is 14.2 Å². The van der Waals surface area contributed by atoms with Crippen LogP contribution in [0.4, 0.5) is 0 Å². The van der Waals surface area contributed by atoms with Gasteiger partial charge in [0.2, 0.25) is 0 Å². The lowest BCUT2D eigenvalue weighted by molar-refractivity contribution is 0.0715. The number of para-hydroxylation sites is 2. The van der Waals surface area contributed by atoms with Crippen molar-refractivity contribution in [2.45, 2.75) is 53.6 Å². The molecule has 3 aromatic rings. The summed E-state index contributed by atoms with van der Waals surface area (Å²) in [5, 5.41) is 0. The standard InChI is InChI=1S/C25H33N3O2/c1-5-7-15-28-23-14-9-8-13-22(23)26-24(28)18-27(17-19(3)4)25(29)20-11-10-12-21(16-20)30-6-2/h8-14,16,19H,5-7,15,17-18H2,1-4H3. The van der Waals surface area contributed by atoms with E-state index in [1.54, 1.807) is 0 Å². The molecule has 1 aromatic heterocycles. The van der Waals surface area contributed by atoms with Crippen LogP contribution >= 0.6 is 0 Å². The monoisotopic (exact) mass is 407 g/mol. The summed E-state index contributed by atoms with van der Waals surface area (Å²) < 4.78 is 7.87. The number of aromatic nitrogens is 2. The largest absolute Gasteiger partial charge is 0.494 e. The van der Waals surface area contributed by atoms with Crippen molar-refractivity contribution >= 4 is 16.9 Å². The number of carbonyl (C=O) groups excluding carboxylic acids is 1. The van der Waals surface area contributed by atoms with Crippen LogP contribution in [-0.4, -0.2) is 33.5 Å². The Bertz CT molecular complexity index is 977. The molecule has 0 bridgehead atoms. The zero-order valence-corrected chi connectivity index (χ0v) is 18.6. The van der Waals surface area contributed by atoms with E-state index in [1.165, 1.54) is 0 Å². The van der Waals surface area contributed by atoms with E-state index in [0.717, 1.165) is 42.0 Å². The van der Waals surface area contributed by atoms with Crippen molar-refractivity contribution in [1.82, 2.24) is 14.5 Å². The summed E-state index contributed by atoms with van der Waals surface area (Å²) in [5.74, 6) is 2.04. The fourth-order valence-corrected chi connectivity index (χ4v) is 3.71. The fraction of sp³-hybridized carbons (Fsp3) is 0.440. The number of ether oxygens (including phenoxy) is 1. The van der Waals surface area contributed by atoms with Gasteiger partial charge in [0.25, 0.3) is 5.91 Å². The number of unbranched alkanes of at least 4 members (excludes halogenated alkanes) is 1. The van der Waals surface area contributed by atoms with Crippen LogP contribution in [0.15, 0.2) is 48.5 Å². The Kier molecular flexibility index (Phi) is 7.50. The van der Waals surface area contributed by atoms with E-state index in [2.05, 4.69) is 31.4 Å². The van der Waals surface area contributed by atoms with Gasteiger partial charge in [0.05, 0.1) is 24.2 Å². The Labute approximate surface area is 179 Å². The smallest absolute Gasteiger partial charge is 0.254 e. The molecule has 3 rings (SSSR count). The number of rotatable bonds is 10. The van der Waals surface area contributed by atoms with Crippen molar-refractivity contribution in [1.29, 1.82) is 0 Å². The second-order valence-corrected chi connectivity index (χ2v) is 8.06. The molecule has 0 radical (unpaired) electrons. The molecule has 0 aliphatic carbocycles. The van der Waals surface area contributed by atoms with Crippen molar-refractivity contribution in [3.63, 3.8) is 0 Å². The summed E-state index contributed by atoms with van der Waals surface area (Å²) in [7, 11) is 0. The number of imidazole rings is 1. The number of hydrogen-bond donors (Lipinski definition) is 0. The van der Waals surface area contributed by atoms with Gasteiger partial charge in [-0.1, -0.05) is 45.4 Å². The Morgan fingerprint density at radius 1 is 1.13 bits per heavy atom. The first-order valence-electron chi connectivity index (χ1n) is 11.0. The lowest BCUT2D eigenvalue weighted by atomic mass is 10.1. The van der Waals surface area contributed by atoms with Crippen LogP contribution in [0.2, 0.25) is 0 Å². The Morgan fingerprint density at radius 3 is 2.67 bits per heavy atom. The van der Waals surface area contributed by atoms with Gasteiger partial charge in [0.1, 0.15) is 11.6 Å². The maximum absolute atomic E-state index is 13.4. The van der Waals surface area contributed by atoms with Gasteiger partial charge in [-0.25, -0.2) is 4.98 Å². The number of nitrogens with zero attached hydrogens (tertiary/aromatic N) is 3. The van der Waals surface area contributed by atoms with E-state index in [0.29, 0.717) is 31.2 Å². The van der Waals surface area contributed by atoms with Gasteiger partial charge in [-0.3, -0.25) is 4.79 Å². The van der Waals surface area contributed by atoms with Crippen LogP contribution in [0, 0.1) is 5.92 Å². The number of aryl methyl sites for hydroxylation is 1. The highest BCUT2D eigenvalue weighted by molar-refractivity contribution is 5.94. The third-order valence-corrected chi connectivity index (χ3v) is 5.07. The average molecular weight is 408 g/mol. The quantitative estimate of drug-likeness (QED) is 0.444. The minimum absolute atomic E-state index is 0.0133. The molecule has 5 heteroatoms. The maximum Gasteiger partial charge on any atom is 0.254 e. The molecule has 0 fully saturated rings. The van der Waals surface area contributed by atoms with Crippen LogP contribution < -0.4 is 4.74 Å². The Balaban J connectivity index is 1.93. The normalized spacial score (nSPS) is 11.2. The SMILES string of the molecule is CCCCn1c(CN(CC(C)C)C(=O)c2cccc(OCC)c2)nc2ccccc21. The molecule has 0 spiro atoms. The molecular weight excluding hydrogens is 374 g/mol. The minimum atomic E-state index is 0.0133. The first-order chi connectivity index (χ1) is 14.5. The second-order valence-electron chi connectivity index (χ2n) is 8.06. The molecule has 0 aliphatic heterocycles. The molecule has 0 N–H and O–H groups in total. The van der Waals surface area contributed by atoms with Crippen molar-refractivity contribution in [3.8, 4) is 5.75 Å². The van der Waals surface area contributed by atoms with E-state index in [9.17, 15) is 4.79 Å². The topological polar surface area (TPSA) is 47.4 Å². The van der Waals surface area contributed by atoms with Crippen molar-refractivity contribution in [2.75, 3.05) is 13.2 Å². The molecule has 2 aromatic carbocycles. The molecular formula is C25H33N3O2. The number of benzene rings is 2. The predicted octanol–water partition coefficient (Wildman–Crippen LogP) is 5.53. The maximum atomic E-state index is 13.4. The first-order valence-corrected chi connectivity index (χ1v) is 11.0. The number of hydrogen-bond acceptors (Lipinski definition) is 3. The lowest BCUT2D eigenvalue weighted by Crippen LogP contribution is -2.34. The molecule has 0 aliphatic rings. The van der Waals surface area contributed by atoms with E-state index in [4.69, 9.17) is 9.72 Å². The highest BCUT2D eigenvalue weighted by atomic mass is 16.5. The molecule has 30 heavy (non-hydrogen) atoms. The summed E-state index contributed by atoms with van der Waals surface area (Å²) in [4.78, 5) is 20.2. The fourth-order valence-electron chi connectivity index (χ4n) is 3.71. The minimum Gasteiger partial charge on any atom is -0.494 e. The first kappa shape index (κ1) is 21.9. The molecule has 0 atom stereocenters. The Hall–Kier alpha value is -2.82. The van der Waals surface area contributed by atoms with E-state index in [1.807, 2.05) is 54.3 Å². The van der Waals surface area contributed by atoms with Crippen molar-refractivity contribution < 1.29 is 9.53 Å². The summed E-state index contributed by atoms with van der Waals surface area (Å²) in [5.41, 5.74) is 2.77. The van der Waals surface area contributed by atoms with Crippen LogP contribution in [-0.2, 0) is 13.1 Å². The summed E-state index contributed by atoms with van der Waals surface area (Å²) >= 11 is 0. The van der Waals surface area contributed by atoms with Gasteiger partial charge >= 0.3 is 0 Å². The van der Waals surface area contributed by atoms with E-state index in [-0.39, 0.29) is 5.91 Å². The Morgan fingerprint density at radius 2 is 1.93 bits per heavy atom. The van der Waals surface area contributed by atoms with E-state index >= 15 is 0 Å². The summed E-state index contributed by atoms with van der Waals surface area (Å²) in [6.07, 6.45) is 2.20. The zero-order valence-electron chi connectivity index (χ0n) is 18.6. The molecule has 1 amide bonds. The molecule has 5 nitrogen and oxygen atoms in total. The highest BCUT2D eigenvalue weighted by Crippen LogP contribution is 2.21. The van der Waals surface area contributed by atoms with Gasteiger partial charge in [0.15, 0.2) is 0 Å². The van der Waals surface area contributed by atoms with Crippen LogP contribution in [0.1, 0.15) is 56.7 Å². The zero-order chi connectivity index (χ0) is 21.5. The third kappa shape index (κ3) is 5.21. The average Bonchev–Trinajstić information content (AvgIpc) is 3.08. The predicted molar refractivity (Wildman–Crippen MR) is 122 cm³/mol. The van der Waals surface area contributed by atoms with Gasteiger partial charge in [-0.15, -0.1) is 0 Å². The highest BCUT2D eigenvalue weighted by Gasteiger charge is 2.21. The van der Waals surface area contributed by atoms with Gasteiger partial charge in [-0.2, -0.15) is 0 Å². The second kappa shape index (κ2) is 10.3. The summed E-state index contributed by atoms with van der Waals surface area (Å²) in [6, 6.07) is 15.7. The lowest BCUT2D eigenvalue weighted by Gasteiger charge is -2.25. The molecule has 0 saturated heterocycles. The van der Waals surface area contributed by atoms with Crippen LogP contribution in [0.3, 0.4) is 0 Å². The van der Waals surface area contributed by atoms with Crippen molar-refractivity contribution in [2.24, 2.45) is 5.92 Å².